The monoisotopic (exact) mass is 556 g/mol. The van der Waals surface area contributed by atoms with Gasteiger partial charge in [0.2, 0.25) is 0 Å². The number of ether oxygens (including phenoxy) is 2. The van der Waals surface area contributed by atoms with Gasteiger partial charge in [-0.25, -0.2) is 0 Å². The molecular formula is C10H18HgN4O2S4. The molecule has 21 heavy (non-hydrogen) atoms. The Bertz CT molecular complexity index is 322. The fraction of sp³-hybridized carbons (Fsp3) is 0.800. The third-order valence-corrected chi connectivity index (χ3v) is 25.3. The minimum atomic E-state index is -1.23. The van der Waals surface area contributed by atoms with Crippen molar-refractivity contribution in [2.24, 2.45) is 0 Å². The average Bonchev–Trinajstić information content (AvgIpc) is 2.49. The van der Waals surface area contributed by atoms with Crippen molar-refractivity contribution in [3.05, 3.63) is 0 Å². The molecule has 0 unspecified atom stereocenters. The molecule has 0 aromatic rings. The van der Waals surface area contributed by atoms with Gasteiger partial charge in [-0.05, 0) is 0 Å². The van der Waals surface area contributed by atoms with Crippen molar-refractivity contribution in [2.75, 3.05) is 52.6 Å². The van der Waals surface area contributed by atoms with Gasteiger partial charge in [0.05, 0.1) is 0 Å². The van der Waals surface area contributed by atoms with E-state index in [4.69, 9.17) is 33.9 Å². The summed E-state index contributed by atoms with van der Waals surface area (Å²) in [6, 6.07) is 0. The maximum absolute atomic E-state index is 5.37. The predicted octanol–water partition coefficient (Wildman–Crippen LogP) is 0.609. The molecule has 11 heteroatoms. The van der Waals surface area contributed by atoms with E-state index in [1.165, 1.54) is 0 Å². The van der Waals surface area contributed by atoms with Crippen LogP contribution in [0.25, 0.3) is 0 Å². The van der Waals surface area contributed by atoms with Gasteiger partial charge >= 0.3 is 154 Å². The van der Waals surface area contributed by atoms with Gasteiger partial charge in [0.25, 0.3) is 0 Å². The molecule has 0 aromatic carbocycles. The molecule has 2 saturated heterocycles. The van der Waals surface area contributed by atoms with Gasteiger partial charge < -0.3 is 0 Å². The molecule has 116 valence electrons. The van der Waals surface area contributed by atoms with Crippen LogP contribution in [0.15, 0.2) is 0 Å². The van der Waals surface area contributed by atoms with Crippen molar-refractivity contribution in [3.63, 3.8) is 0 Å². The molecular weight excluding hydrogens is 537 g/mol. The van der Waals surface area contributed by atoms with Crippen molar-refractivity contribution in [2.45, 2.75) is 0 Å². The zero-order valence-corrected chi connectivity index (χ0v) is 20.5. The molecule has 0 saturated carbocycles. The van der Waals surface area contributed by atoms with E-state index in [1.54, 1.807) is 0 Å². The summed E-state index contributed by atoms with van der Waals surface area (Å²) in [6.45, 7) is 6.65. The van der Waals surface area contributed by atoms with Gasteiger partial charge in [-0.1, -0.05) is 0 Å². The Balaban J connectivity index is 1.53. The van der Waals surface area contributed by atoms with Crippen LogP contribution in [0.5, 0.6) is 0 Å². The first kappa shape index (κ1) is 18.6. The van der Waals surface area contributed by atoms with E-state index < -0.39 is 21.5 Å². The predicted molar refractivity (Wildman–Crippen MR) is 91.4 cm³/mol. The van der Waals surface area contributed by atoms with Crippen molar-refractivity contribution in [3.8, 4) is 0 Å². The maximum atomic E-state index is 5.37. The summed E-state index contributed by atoms with van der Waals surface area (Å²) in [5.74, 6) is 0. The van der Waals surface area contributed by atoms with E-state index in [0.717, 1.165) is 61.2 Å². The molecule has 2 rings (SSSR count). The number of hydrazine groups is 2. The normalized spacial score (nSPS) is 20.6. The van der Waals surface area contributed by atoms with Crippen LogP contribution in [0.1, 0.15) is 0 Å². The Morgan fingerprint density at radius 2 is 1.19 bits per heavy atom. The standard InChI is InChI=1S/2C5H10N2OS2.Hg/c2*9-5(10)6-7-1-3-8-4-2-7;/h2*1-4H2,(H2,6,9,10);/q;;+2/p-2. The van der Waals surface area contributed by atoms with E-state index in [1.807, 2.05) is 16.5 Å². The summed E-state index contributed by atoms with van der Waals surface area (Å²) < 4.78 is 12.4. The zero-order chi connectivity index (χ0) is 14.9. The Hall–Kier alpha value is 1.26. The number of hydrogen-bond acceptors (Lipinski definition) is 8. The summed E-state index contributed by atoms with van der Waals surface area (Å²) in [5.41, 5.74) is 6.55. The van der Waals surface area contributed by atoms with E-state index in [-0.39, 0.29) is 0 Å². The number of thiocarbonyl (C=S) groups is 2. The molecule has 0 radical (unpaired) electrons. The Kier molecular flexibility index (Phi) is 9.67. The van der Waals surface area contributed by atoms with Crippen LogP contribution in [0.2, 0.25) is 0 Å². The number of hydrogen-bond donors (Lipinski definition) is 2. The van der Waals surface area contributed by atoms with Crippen molar-refractivity contribution >= 4 is 49.6 Å². The number of rotatable bonds is 4. The Labute approximate surface area is 153 Å². The van der Waals surface area contributed by atoms with Crippen LogP contribution in [0.4, 0.5) is 0 Å². The van der Waals surface area contributed by atoms with Gasteiger partial charge in [-0.3, -0.25) is 0 Å². The topological polar surface area (TPSA) is 49.0 Å². The van der Waals surface area contributed by atoms with Crippen LogP contribution >= 0.6 is 40.9 Å². The minimum absolute atomic E-state index is 0.771. The zero-order valence-electron chi connectivity index (χ0n) is 11.7. The van der Waals surface area contributed by atoms with Crippen molar-refractivity contribution in [1.29, 1.82) is 0 Å². The molecule has 2 heterocycles. The molecule has 6 nitrogen and oxygen atoms in total. The summed E-state index contributed by atoms with van der Waals surface area (Å²) >= 11 is 9.51. The molecule has 0 amide bonds. The molecule has 2 aliphatic rings. The van der Waals surface area contributed by atoms with Crippen LogP contribution in [-0.4, -0.2) is 71.3 Å². The molecule has 2 fully saturated rings. The first-order chi connectivity index (χ1) is 10.2. The van der Waals surface area contributed by atoms with Gasteiger partial charge in [0.1, 0.15) is 0 Å². The summed E-state index contributed by atoms with van der Waals surface area (Å²) in [7, 11) is 3.63. The van der Waals surface area contributed by atoms with Gasteiger partial charge in [0, 0.05) is 0 Å². The first-order valence-corrected chi connectivity index (χ1v) is 23.0. The third-order valence-electron chi connectivity index (χ3n) is 2.90. The van der Waals surface area contributed by atoms with E-state index in [9.17, 15) is 0 Å². The van der Waals surface area contributed by atoms with E-state index >= 15 is 0 Å². The van der Waals surface area contributed by atoms with Crippen LogP contribution < -0.4 is 10.9 Å². The second kappa shape index (κ2) is 10.9. The van der Waals surface area contributed by atoms with Gasteiger partial charge in [-0.2, -0.15) is 0 Å². The van der Waals surface area contributed by atoms with Crippen LogP contribution in [0, 0.1) is 0 Å². The second-order valence-electron chi connectivity index (χ2n) is 4.40. The molecule has 2 aliphatic heterocycles. The number of nitrogens with zero attached hydrogens (tertiary/aromatic N) is 2. The number of nitrogens with one attached hydrogen (secondary N) is 2. The number of morpholine rings is 2. The molecule has 2 N–H and O–H groups in total. The summed E-state index contributed by atoms with van der Waals surface area (Å²) in [5, 5.41) is 4.25. The molecule has 0 aromatic heterocycles. The first-order valence-electron chi connectivity index (χ1n) is 6.76. The van der Waals surface area contributed by atoms with Crippen LogP contribution in [-0.2, 0) is 31.0 Å². The molecule has 0 bridgehead atoms. The molecule has 0 spiro atoms. The summed E-state index contributed by atoms with van der Waals surface area (Å²) in [4.78, 5) is 0. The van der Waals surface area contributed by atoms with E-state index in [0.29, 0.717) is 0 Å². The average molecular weight is 555 g/mol. The third kappa shape index (κ3) is 8.07. The van der Waals surface area contributed by atoms with Crippen molar-refractivity contribution < 1.29 is 31.0 Å². The Morgan fingerprint density at radius 3 is 1.57 bits per heavy atom. The van der Waals surface area contributed by atoms with Crippen molar-refractivity contribution in [1.82, 2.24) is 20.9 Å². The fourth-order valence-electron chi connectivity index (χ4n) is 1.81. The molecule has 0 aliphatic carbocycles. The Morgan fingerprint density at radius 1 is 0.810 bits per heavy atom. The fourth-order valence-corrected chi connectivity index (χ4v) is 22.2. The quantitative estimate of drug-likeness (QED) is 0.382. The van der Waals surface area contributed by atoms with E-state index in [2.05, 4.69) is 20.9 Å². The molecule has 0 atom stereocenters. The SMILES string of the molecule is S=C(NN1CCOCC1)[S][Hg][S]C(=S)NN1CCOCC1. The van der Waals surface area contributed by atoms with Gasteiger partial charge in [0.15, 0.2) is 0 Å². The van der Waals surface area contributed by atoms with Gasteiger partial charge in [-0.15, -0.1) is 0 Å². The summed E-state index contributed by atoms with van der Waals surface area (Å²) in [6.07, 6.45) is 0. The van der Waals surface area contributed by atoms with Crippen LogP contribution in [0.3, 0.4) is 0 Å². The second-order valence-corrected chi connectivity index (χ2v) is 23.1.